The number of rotatable bonds is 7. The highest BCUT2D eigenvalue weighted by Crippen LogP contribution is 2.51. The Bertz CT molecular complexity index is 1550. The fraction of sp³-hybridized carbons (Fsp3) is 0.100. The van der Waals surface area contributed by atoms with E-state index in [1.807, 2.05) is 21.6 Å². The molecule has 206 valence electrons. The molecule has 0 saturated carbocycles. The van der Waals surface area contributed by atoms with Crippen LogP contribution in [0.3, 0.4) is 0 Å². The van der Waals surface area contributed by atoms with Gasteiger partial charge in [0.05, 0.1) is 0 Å². The van der Waals surface area contributed by atoms with E-state index < -0.39 is 0 Å². The van der Waals surface area contributed by atoms with E-state index in [-0.39, 0.29) is 0 Å². The van der Waals surface area contributed by atoms with Crippen LogP contribution in [0.25, 0.3) is 44.5 Å². The first kappa shape index (κ1) is 28.2. The fourth-order valence-electron chi connectivity index (χ4n) is 5.18. The molecular formula is C40H34S2. The van der Waals surface area contributed by atoms with Gasteiger partial charge in [0, 0.05) is 9.79 Å². The average Bonchev–Trinajstić information content (AvgIpc) is 3.01. The molecule has 0 nitrogen and oxygen atoms in total. The zero-order chi connectivity index (χ0) is 29.1. The molecule has 0 amide bonds. The second-order valence-electron chi connectivity index (χ2n) is 11.0. The van der Waals surface area contributed by atoms with Crippen LogP contribution in [0.15, 0.2) is 143 Å². The molecule has 6 aromatic rings. The molecule has 0 N–H and O–H groups in total. The third-order valence-electron chi connectivity index (χ3n) is 7.69. The molecule has 0 atom stereocenters. The lowest BCUT2D eigenvalue weighted by Crippen LogP contribution is -1.90. The van der Waals surface area contributed by atoms with Crippen molar-refractivity contribution in [2.24, 2.45) is 0 Å². The lowest BCUT2D eigenvalue weighted by Gasteiger charge is -2.18. The SMILES string of the molecule is Cc1ccc(-c2cccc(-c3ccc(C)cc3)c2SSc2c(-c3ccc(C)cc3)cccc2-c2ccc(C)cc2)cc1. The molecule has 0 aliphatic rings. The van der Waals surface area contributed by atoms with Crippen molar-refractivity contribution in [1.29, 1.82) is 0 Å². The van der Waals surface area contributed by atoms with Gasteiger partial charge in [0.1, 0.15) is 0 Å². The van der Waals surface area contributed by atoms with Gasteiger partial charge < -0.3 is 0 Å². The van der Waals surface area contributed by atoms with Crippen LogP contribution in [-0.2, 0) is 0 Å². The number of aryl methyl sites for hydroxylation is 4. The number of hydrogen-bond acceptors (Lipinski definition) is 2. The molecule has 6 rings (SSSR count). The average molecular weight is 579 g/mol. The van der Waals surface area contributed by atoms with Crippen LogP contribution in [0.4, 0.5) is 0 Å². The van der Waals surface area contributed by atoms with Gasteiger partial charge in [0.15, 0.2) is 0 Å². The van der Waals surface area contributed by atoms with Crippen LogP contribution in [-0.4, -0.2) is 0 Å². The van der Waals surface area contributed by atoms with Crippen LogP contribution < -0.4 is 0 Å². The Labute approximate surface area is 258 Å². The third-order valence-corrected chi connectivity index (χ3v) is 10.2. The maximum absolute atomic E-state index is 2.26. The van der Waals surface area contributed by atoms with Crippen molar-refractivity contribution < 1.29 is 0 Å². The smallest absolute Gasteiger partial charge is 0.0343 e. The first-order chi connectivity index (χ1) is 20.5. The Kier molecular flexibility index (Phi) is 8.37. The predicted molar refractivity (Wildman–Crippen MR) is 185 cm³/mol. The minimum absolute atomic E-state index is 1.24. The maximum atomic E-state index is 2.26. The normalized spacial score (nSPS) is 11.0. The molecule has 0 aliphatic heterocycles. The van der Waals surface area contributed by atoms with Gasteiger partial charge in [-0.25, -0.2) is 0 Å². The Morgan fingerprint density at radius 2 is 0.500 bits per heavy atom. The highest BCUT2D eigenvalue weighted by Gasteiger charge is 2.18. The Morgan fingerprint density at radius 1 is 0.286 bits per heavy atom. The molecule has 2 heteroatoms. The van der Waals surface area contributed by atoms with Crippen molar-refractivity contribution >= 4 is 21.6 Å². The van der Waals surface area contributed by atoms with Gasteiger partial charge in [-0.2, -0.15) is 0 Å². The van der Waals surface area contributed by atoms with Crippen molar-refractivity contribution in [2.45, 2.75) is 37.5 Å². The van der Waals surface area contributed by atoms with Crippen molar-refractivity contribution in [3.8, 4) is 44.5 Å². The molecule has 6 aromatic carbocycles. The standard InChI is InChI=1S/C40H34S2/c1-27-11-19-31(20-12-27)35-7-5-8-36(32-21-13-28(2)14-22-32)39(35)41-42-40-37(33-23-15-29(3)16-24-33)9-6-10-38(40)34-25-17-30(4)18-26-34/h5-26H,1-4H3. The monoisotopic (exact) mass is 578 g/mol. The van der Waals surface area contributed by atoms with Crippen LogP contribution in [0, 0.1) is 27.7 Å². The van der Waals surface area contributed by atoms with Crippen LogP contribution >= 0.6 is 21.6 Å². The van der Waals surface area contributed by atoms with Crippen molar-refractivity contribution in [1.82, 2.24) is 0 Å². The molecule has 0 saturated heterocycles. The van der Waals surface area contributed by atoms with Crippen LogP contribution in [0.1, 0.15) is 22.3 Å². The lowest BCUT2D eigenvalue weighted by molar-refractivity contribution is 1.40. The summed E-state index contributed by atoms with van der Waals surface area (Å²) in [6.45, 7) is 8.58. The third kappa shape index (κ3) is 6.11. The Hall–Kier alpha value is -3.98. The summed E-state index contributed by atoms with van der Waals surface area (Å²) < 4.78 is 0. The molecule has 0 heterocycles. The van der Waals surface area contributed by atoms with Gasteiger partial charge in [-0.3, -0.25) is 0 Å². The summed E-state index contributed by atoms with van der Waals surface area (Å²) in [5.74, 6) is 0. The summed E-state index contributed by atoms with van der Waals surface area (Å²) in [4.78, 5) is 2.56. The second-order valence-corrected chi connectivity index (χ2v) is 13.1. The molecule has 0 spiro atoms. The molecule has 0 fully saturated rings. The summed E-state index contributed by atoms with van der Waals surface area (Å²) in [5, 5.41) is 0. The van der Waals surface area contributed by atoms with Gasteiger partial charge in [-0.1, -0.05) is 177 Å². The molecule has 0 bridgehead atoms. The summed E-state index contributed by atoms with van der Waals surface area (Å²) in [6, 6.07) is 49.0. The van der Waals surface area contributed by atoms with Gasteiger partial charge >= 0.3 is 0 Å². The summed E-state index contributed by atoms with van der Waals surface area (Å²) >= 11 is 0. The number of benzene rings is 6. The maximum Gasteiger partial charge on any atom is 0.0343 e. The first-order valence-electron chi connectivity index (χ1n) is 14.3. The topological polar surface area (TPSA) is 0 Å². The van der Waals surface area contributed by atoms with Gasteiger partial charge in [-0.05, 0) is 72.2 Å². The number of hydrogen-bond donors (Lipinski definition) is 0. The van der Waals surface area contributed by atoms with Crippen molar-refractivity contribution in [2.75, 3.05) is 0 Å². The van der Waals surface area contributed by atoms with Gasteiger partial charge in [-0.15, -0.1) is 0 Å². The van der Waals surface area contributed by atoms with E-state index in [0.717, 1.165) is 0 Å². The summed E-state index contributed by atoms with van der Waals surface area (Å²) in [5.41, 5.74) is 15.1. The molecule has 0 aromatic heterocycles. The van der Waals surface area contributed by atoms with Crippen LogP contribution in [0.5, 0.6) is 0 Å². The molecule has 0 aliphatic carbocycles. The fourth-order valence-corrected chi connectivity index (χ4v) is 8.03. The highest BCUT2D eigenvalue weighted by molar-refractivity contribution is 8.76. The first-order valence-corrected chi connectivity index (χ1v) is 16.5. The molecule has 42 heavy (non-hydrogen) atoms. The van der Waals surface area contributed by atoms with E-state index in [1.165, 1.54) is 76.6 Å². The molecule has 0 radical (unpaired) electrons. The van der Waals surface area contributed by atoms with Crippen molar-refractivity contribution in [3.05, 3.63) is 156 Å². The summed E-state index contributed by atoms with van der Waals surface area (Å²) in [6.07, 6.45) is 0. The Balaban J connectivity index is 1.50. The van der Waals surface area contributed by atoms with Crippen LogP contribution in [0.2, 0.25) is 0 Å². The van der Waals surface area contributed by atoms with Gasteiger partial charge in [0.25, 0.3) is 0 Å². The van der Waals surface area contributed by atoms with Gasteiger partial charge in [0.2, 0.25) is 0 Å². The zero-order valence-corrected chi connectivity index (χ0v) is 26.2. The van der Waals surface area contributed by atoms with E-state index in [9.17, 15) is 0 Å². The lowest BCUT2D eigenvalue weighted by atomic mass is 9.98. The summed E-state index contributed by atoms with van der Waals surface area (Å²) in [7, 11) is 3.73. The molecule has 0 unspecified atom stereocenters. The van der Waals surface area contributed by atoms with E-state index in [4.69, 9.17) is 0 Å². The molecular weight excluding hydrogens is 545 g/mol. The highest BCUT2D eigenvalue weighted by atomic mass is 33.1. The second kappa shape index (κ2) is 12.5. The minimum atomic E-state index is 1.24. The minimum Gasteiger partial charge on any atom is -0.0610 e. The Morgan fingerprint density at radius 3 is 0.714 bits per heavy atom. The quantitative estimate of drug-likeness (QED) is 0.173. The van der Waals surface area contributed by atoms with Crippen molar-refractivity contribution in [3.63, 3.8) is 0 Å². The van der Waals surface area contributed by atoms with E-state index in [2.05, 4.69) is 161 Å². The van der Waals surface area contributed by atoms with E-state index >= 15 is 0 Å². The van der Waals surface area contributed by atoms with E-state index in [1.54, 1.807) is 0 Å². The zero-order valence-electron chi connectivity index (χ0n) is 24.5. The largest absolute Gasteiger partial charge is 0.0610 e. The van der Waals surface area contributed by atoms with E-state index in [0.29, 0.717) is 0 Å². The predicted octanol–water partition coefficient (Wildman–Crippen LogP) is 12.4.